The third kappa shape index (κ3) is 3.90. The highest BCUT2D eigenvalue weighted by Gasteiger charge is 2.54. The third-order valence-corrected chi connectivity index (χ3v) is 8.32. The number of carbonyl (C=O) groups is 2. The Labute approximate surface area is 157 Å². The molecule has 0 amide bonds. The van der Waals surface area contributed by atoms with Gasteiger partial charge < -0.3 is 0 Å². The van der Waals surface area contributed by atoms with E-state index in [-0.39, 0.29) is 29.1 Å². The van der Waals surface area contributed by atoms with Gasteiger partial charge in [-0.05, 0) is 54.5 Å². The fraction of sp³-hybridized carbons (Fsp3) is 0.909. The van der Waals surface area contributed by atoms with E-state index in [1.807, 2.05) is 27.7 Å². The average molecular weight is 367 g/mol. The first-order valence-corrected chi connectivity index (χ1v) is 11.0. The second kappa shape index (κ2) is 7.79. The number of rotatable bonds is 4. The lowest BCUT2D eigenvalue weighted by Gasteiger charge is -2.56. The molecule has 2 rings (SSSR count). The van der Waals surface area contributed by atoms with Crippen LogP contribution in [0.5, 0.6) is 0 Å². The summed E-state index contributed by atoms with van der Waals surface area (Å²) in [6, 6.07) is 0. The molecular formula is C22H39O2P. The molecule has 0 aliphatic heterocycles. The van der Waals surface area contributed by atoms with Gasteiger partial charge in [0.25, 0.3) is 0 Å². The molecule has 3 heteroatoms. The second-order valence-corrected chi connectivity index (χ2v) is 10.7. The van der Waals surface area contributed by atoms with Gasteiger partial charge in [0.15, 0.2) is 0 Å². The summed E-state index contributed by atoms with van der Waals surface area (Å²) in [5.74, 6) is 3.03. The smallest absolute Gasteiger partial charge is 0.139 e. The Morgan fingerprint density at radius 2 is 1.28 bits per heavy atom. The van der Waals surface area contributed by atoms with Crippen molar-refractivity contribution in [2.45, 2.75) is 79.8 Å². The molecule has 2 aliphatic carbocycles. The Morgan fingerprint density at radius 3 is 1.80 bits per heavy atom. The molecule has 144 valence electrons. The number of carbonyl (C=O) groups excluding carboxylic acids is 2. The topological polar surface area (TPSA) is 34.1 Å². The molecule has 0 bridgehead atoms. The van der Waals surface area contributed by atoms with Crippen LogP contribution in [0.1, 0.15) is 74.1 Å². The fourth-order valence-electron chi connectivity index (χ4n) is 5.86. The van der Waals surface area contributed by atoms with Crippen LogP contribution < -0.4 is 0 Å². The largest absolute Gasteiger partial charge is 0.299 e. The molecular weight excluding hydrogens is 327 g/mol. The summed E-state index contributed by atoms with van der Waals surface area (Å²) < 4.78 is 0. The fourth-order valence-corrected chi connectivity index (χ4v) is 6.59. The maximum Gasteiger partial charge on any atom is 0.139 e. The van der Waals surface area contributed by atoms with Crippen LogP contribution in [-0.2, 0) is 9.59 Å². The number of ketones is 2. The predicted octanol–water partition coefficient (Wildman–Crippen LogP) is 5.40. The Kier molecular flexibility index (Phi) is 6.57. The van der Waals surface area contributed by atoms with Crippen molar-refractivity contribution in [3.8, 4) is 0 Å². The number of hydrogen-bond acceptors (Lipinski definition) is 2. The third-order valence-electron chi connectivity index (χ3n) is 7.59. The van der Waals surface area contributed by atoms with E-state index in [0.29, 0.717) is 35.0 Å². The van der Waals surface area contributed by atoms with Gasteiger partial charge in [-0.3, -0.25) is 9.59 Å². The van der Waals surface area contributed by atoms with Gasteiger partial charge in [0, 0.05) is 23.7 Å². The quantitative estimate of drug-likeness (QED) is 0.625. The van der Waals surface area contributed by atoms with Gasteiger partial charge in [-0.15, -0.1) is 9.24 Å². The lowest BCUT2D eigenvalue weighted by atomic mass is 9.49. The molecule has 8 atom stereocenters. The van der Waals surface area contributed by atoms with Gasteiger partial charge in [-0.2, -0.15) is 0 Å². The number of Topliss-reactive ketones (excluding diaryl/α,β-unsaturated/α-hetero) is 2. The van der Waals surface area contributed by atoms with Crippen LogP contribution in [0.25, 0.3) is 0 Å². The zero-order valence-electron chi connectivity index (χ0n) is 17.3. The van der Waals surface area contributed by atoms with Crippen LogP contribution in [-0.4, -0.2) is 17.2 Å². The van der Waals surface area contributed by atoms with Crippen LogP contribution in [0.2, 0.25) is 0 Å². The van der Waals surface area contributed by atoms with Crippen molar-refractivity contribution in [2.75, 3.05) is 0 Å². The normalized spacial score (nSPS) is 42.2. The van der Waals surface area contributed by atoms with Crippen molar-refractivity contribution in [3.05, 3.63) is 0 Å². The van der Waals surface area contributed by atoms with Gasteiger partial charge in [-0.1, -0.05) is 48.5 Å². The molecule has 0 saturated heterocycles. The van der Waals surface area contributed by atoms with E-state index in [9.17, 15) is 9.59 Å². The van der Waals surface area contributed by atoms with Crippen molar-refractivity contribution in [3.63, 3.8) is 0 Å². The molecule has 1 spiro atoms. The van der Waals surface area contributed by atoms with Gasteiger partial charge in [0.2, 0.25) is 0 Å². The van der Waals surface area contributed by atoms with Crippen molar-refractivity contribution in [1.29, 1.82) is 0 Å². The SMILES string of the molecule is CC(C)C(=O)C1CC2(CC(C(=O)C(C)C)C(P)CC2C)C(C)CC1C. The molecule has 8 unspecified atom stereocenters. The van der Waals surface area contributed by atoms with E-state index in [4.69, 9.17) is 0 Å². The molecule has 0 aromatic carbocycles. The molecule has 0 aromatic heterocycles. The molecule has 2 saturated carbocycles. The van der Waals surface area contributed by atoms with Crippen LogP contribution in [0, 0.1) is 46.8 Å². The standard InChI is InChI=1S/C22H39O2P/c1-12(2)20(23)17-10-22(15(6)8-14(17)5)11-18(21(24)13(3)4)19(25)9-16(22)7/h12-19H,8-11,25H2,1-7H3. The highest BCUT2D eigenvalue weighted by atomic mass is 31.0. The summed E-state index contributed by atoms with van der Waals surface area (Å²) in [6.07, 6.45) is 4.19. The predicted molar refractivity (Wildman–Crippen MR) is 109 cm³/mol. The highest BCUT2D eigenvalue weighted by molar-refractivity contribution is 7.17. The van der Waals surface area contributed by atoms with Crippen molar-refractivity contribution in [2.24, 2.45) is 46.8 Å². The van der Waals surface area contributed by atoms with E-state index in [0.717, 1.165) is 25.7 Å². The van der Waals surface area contributed by atoms with Gasteiger partial charge >= 0.3 is 0 Å². The molecule has 0 heterocycles. The van der Waals surface area contributed by atoms with Gasteiger partial charge in [0.05, 0.1) is 0 Å². The molecule has 25 heavy (non-hydrogen) atoms. The highest BCUT2D eigenvalue weighted by Crippen LogP contribution is 2.59. The van der Waals surface area contributed by atoms with Crippen LogP contribution in [0.3, 0.4) is 0 Å². The van der Waals surface area contributed by atoms with E-state index in [1.165, 1.54) is 0 Å². The molecule has 2 aliphatic rings. The lowest BCUT2D eigenvalue weighted by Crippen LogP contribution is -2.52. The first-order chi connectivity index (χ1) is 11.5. The minimum absolute atomic E-state index is 0.101. The van der Waals surface area contributed by atoms with Crippen LogP contribution in [0.15, 0.2) is 0 Å². The van der Waals surface area contributed by atoms with Gasteiger partial charge in [0.1, 0.15) is 11.6 Å². The Balaban J connectivity index is 2.34. The zero-order chi connectivity index (χ0) is 19.1. The summed E-state index contributed by atoms with van der Waals surface area (Å²) in [7, 11) is 2.96. The van der Waals surface area contributed by atoms with Crippen molar-refractivity contribution < 1.29 is 9.59 Å². The maximum atomic E-state index is 12.9. The summed E-state index contributed by atoms with van der Waals surface area (Å²) in [4.78, 5) is 25.7. The van der Waals surface area contributed by atoms with E-state index >= 15 is 0 Å². The van der Waals surface area contributed by atoms with E-state index in [1.54, 1.807) is 0 Å². The maximum absolute atomic E-state index is 12.9. The lowest BCUT2D eigenvalue weighted by molar-refractivity contribution is -0.139. The van der Waals surface area contributed by atoms with Crippen molar-refractivity contribution in [1.82, 2.24) is 0 Å². The average Bonchev–Trinajstić information content (AvgIpc) is 2.52. The molecule has 0 radical (unpaired) electrons. The number of hydrogen-bond donors (Lipinski definition) is 0. The first-order valence-electron chi connectivity index (χ1n) is 10.3. The summed E-state index contributed by atoms with van der Waals surface area (Å²) >= 11 is 0. The van der Waals surface area contributed by atoms with E-state index < -0.39 is 0 Å². The second-order valence-electron chi connectivity index (χ2n) is 9.88. The minimum atomic E-state index is 0.101. The Morgan fingerprint density at radius 1 is 0.840 bits per heavy atom. The molecule has 0 N–H and O–H groups in total. The minimum Gasteiger partial charge on any atom is -0.299 e. The molecule has 0 aromatic rings. The van der Waals surface area contributed by atoms with E-state index in [2.05, 4.69) is 30.0 Å². The Bertz CT molecular complexity index is 464. The molecule has 2 nitrogen and oxygen atoms in total. The first kappa shape index (κ1) is 21.1. The van der Waals surface area contributed by atoms with Crippen LogP contribution in [0.4, 0.5) is 0 Å². The monoisotopic (exact) mass is 366 g/mol. The summed E-state index contributed by atoms with van der Waals surface area (Å²) in [6.45, 7) is 15.1. The van der Waals surface area contributed by atoms with Crippen LogP contribution >= 0.6 is 9.24 Å². The van der Waals surface area contributed by atoms with Crippen molar-refractivity contribution >= 4 is 20.8 Å². The zero-order valence-corrected chi connectivity index (χ0v) is 18.5. The molecule has 2 fully saturated rings. The summed E-state index contributed by atoms with van der Waals surface area (Å²) in [5.41, 5.74) is 0.547. The summed E-state index contributed by atoms with van der Waals surface area (Å²) in [5, 5.41) is 0. The Hall–Kier alpha value is -0.230. The van der Waals surface area contributed by atoms with Gasteiger partial charge in [-0.25, -0.2) is 0 Å².